The van der Waals surface area contributed by atoms with Gasteiger partial charge in [0.25, 0.3) is 5.88 Å². The van der Waals surface area contributed by atoms with Crippen LogP contribution < -0.4 is 0 Å². The SMILES string of the molecule is Cc1ccc(Cc2n[c]c(O)c(O)n2)cc1. The molecular formula is C12H11N2O2. The van der Waals surface area contributed by atoms with Gasteiger partial charge >= 0.3 is 0 Å². The quantitative estimate of drug-likeness (QED) is 0.798. The molecular weight excluding hydrogens is 204 g/mol. The summed E-state index contributed by atoms with van der Waals surface area (Å²) in [6.45, 7) is 2.01. The minimum atomic E-state index is -0.433. The van der Waals surface area contributed by atoms with Gasteiger partial charge in [-0.15, -0.1) is 0 Å². The molecule has 0 aliphatic heterocycles. The molecule has 81 valence electrons. The van der Waals surface area contributed by atoms with Crippen molar-refractivity contribution in [2.24, 2.45) is 0 Å². The smallest absolute Gasteiger partial charge is 0.258 e. The molecule has 0 saturated heterocycles. The molecule has 0 unspecified atom stereocenters. The predicted octanol–water partition coefficient (Wildman–Crippen LogP) is 1.59. The molecule has 1 aromatic heterocycles. The summed E-state index contributed by atoms with van der Waals surface area (Å²) in [5.74, 6) is -0.427. The van der Waals surface area contributed by atoms with Crippen molar-refractivity contribution in [3.8, 4) is 11.6 Å². The van der Waals surface area contributed by atoms with Gasteiger partial charge in [-0.3, -0.25) is 0 Å². The van der Waals surface area contributed by atoms with Gasteiger partial charge in [0.2, 0.25) is 5.75 Å². The monoisotopic (exact) mass is 215 g/mol. The fourth-order valence-electron chi connectivity index (χ4n) is 1.34. The summed E-state index contributed by atoms with van der Waals surface area (Å²) >= 11 is 0. The van der Waals surface area contributed by atoms with Crippen molar-refractivity contribution in [2.45, 2.75) is 13.3 Å². The molecule has 4 nitrogen and oxygen atoms in total. The zero-order valence-corrected chi connectivity index (χ0v) is 8.81. The lowest BCUT2D eigenvalue weighted by Gasteiger charge is -2.02. The first-order chi connectivity index (χ1) is 7.65. The van der Waals surface area contributed by atoms with E-state index in [1.807, 2.05) is 31.2 Å². The van der Waals surface area contributed by atoms with E-state index in [0.717, 1.165) is 5.56 Å². The Morgan fingerprint density at radius 1 is 1.19 bits per heavy atom. The highest BCUT2D eigenvalue weighted by Crippen LogP contribution is 2.19. The fourth-order valence-corrected chi connectivity index (χ4v) is 1.34. The predicted molar refractivity (Wildman–Crippen MR) is 58.2 cm³/mol. The Labute approximate surface area is 93.2 Å². The fraction of sp³-hybridized carbons (Fsp3) is 0.167. The third-order valence-corrected chi connectivity index (χ3v) is 2.22. The lowest BCUT2D eigenvalue weighted by Crippen LogP contribution is -1.96. The maximum Gasteiger partial charge on any atom is 0.258 e. The second kappa shape index (κ2) is 4.18. The zero-order valence-electron chi connectivity index (χ0n) is 8.81. The van der Waals surface area contributed by atoms with Gasteiger partial charge in [-0.25, -0.2) is 4.98 Å². The lowest BCUT2D eigenvalue weighted by atomic mass is 10.1. The highest BCUT2D eigenvalue weighted by atomic mass is 16.3. The topological polar surface area (TPSA) is 66.2 Å². The molecule has 0 aliphatic rings. The molecule has 2 N–H and O–H groups in total. The van der Waals surface area contributed by atoms with Crippen LogP contribution in [0, 0.1) is 13.1 Å². The molecule has 16 heavy (non-hydrogen) atoms. The van der Waals surface area contributed by atoms with Crippen molar-refractivity contribution in [1.29, 1.82) is 0 Å². The normalized spacial score (nSPS) is 10.3. The lowest BCUT2D eigenvalue weighted by molar-refractivity contribution is 0.383. The van der Waals surface area contributed by atoms with Gasteiger partial charge in [0.15, 0.2) is 0 Å². The van der Waals surface area contributed by atoms with Crippen molar-refractivity contribution in [1.82, 2.24) is 9.97 Å². The van der Waals surface area contributed by atoms with Crippen LogP contribution in [0.3, 0.4) is 0 Å². The van der Waals surface area contributed by atoms with E-state index < -0.39 is 11.6 Å². The van der Waals surface area contributed by atoms with Crippen LogP contribution in [0.2, 0.25) is 0 Å². The molecule has 0 amide bonds. The first kappa shape index (κ1) is 10.4. The Morgan fingerprint density at radius 2 is 1.88 bits per heavy atom. The maximum absolute atomic E-state index is 9.19. The molecule has 2 rings (SSSR count). The van der Waals surface area contributed by atoms with E-state index >= 15 is 0 Å². The van der Waals surface area contributed by atoms with Gasteiger partial charge in [0.05, 0.1) is 0 Å². The van der Waals surface area contributed by atoms with E-state index in [0.29, 0.717) is 12.2 Å². The Morgan fingerprint density at radius 3 is 2.50 bits per heavy atom. The Bertz CT molecular complexity index is 495. The van der Waals surface area contributed by atoms with Crippen LogP contribution in [0.25, 0.3) is 0 Å². The summed E-state index contributed by atoms with van der Waals surface area (Å²) in [5.41, 5.74) is 2.23. The van der Waals surface area contributed by atoms with Gasteiger partial charge in [0.1, 0.15) is 12.0 Å². The standard InChI is InChI=1S/C12H11N2O2/c1-8-2-4-9(5-3-8)6-11-13-7-10(15)12(16)14-11/h2-5,15H,6H2,1H3,(H,13,14,16). The van der Waals surface area contributed by atoms with Crippen LogP contribution >= 0.6 is 0 Å². The minimum absolute atomic E-state index is 0.423. The molecule has 0 fully saturated rings. The van der Waals surface area contributed by atoms with Crippen LogP contribution in [0.15, 0.2) is 24.3 Å². The molecule has 0 aliphatic carbocycles. The summed E-state index contributed by atoms with van der Waals surface area (Å²) < 4.78 is 0. The van der Waals surface area contributed by atoms with E-state index in [2.05, 4.69) is 16.2 Å². The average Bonchev–Trinajstić information content (AvgIpc) is 2.27. The first-order valence-electron chi connectivity index (χ1n) is 4.87. The molecule has 0 bridgehead atoms. The molecule has 1 radical (unpaired) electrons. The second-order valence-electron chi connectivity index (χ2n) is 3.59. The van der Waals surface area contributed by atoms with Crippen molar-refractivity contribution in [2.75, 3.05) is 0 Å². The molecule has 4 heteroatoms. The summed E-state index contributed by atoms with van der Waals surface area (Å²) in [4.78, 5) is 7.56. The molecule has 1 aromatic carbocycles. The van der Waals surface area contributed by atoms with Crippen molar-refractivity contribution < 1.29 is 10.2 Å². The van der Waals surface area contributed by atoms with Gasteiger partial charge < -0.3 is 10.2 Å². The van der Waals surface area contributed by atoms with Crippen LogP contribution in [0.4, 0.5) is 0 Å². The second-order valence-corrected chi connectivity index (χ2v) is 3.59. The van der Waals surface area contributed by atoms with E-state index in [9.17, 15) is 5.11 Å². The van der Waals surface area contributed by atoms with Crippen molar-refractivity contribution in [3.63, 3.8) is 0 Å². The summed E-state index contributed by atoms with van der Waals surface area (Å²) in [6, 6.07) is 7.95. The number of aromatic nitrogens is 2. The number of aryl methyl sites for hydroxylation is 1. The number of aromatic hydroxyl groups is 2. The Kier molecular flexibility index (Phi) is 2.72. The Balaban J connectivity index is 2.20. The highest BCUT2D eigenvalue weighted by molar-refractivity contribution is 5.28. The van der Waals surface area contributed by atoms with Gasteiger partial charge in [-0.1, -0.05) is 29.8 Å². The summed E-state index contributed by atoms with van der Waals surface area (Å²) in [7, 11) is 0. The number of rotatable bonds is 2. The van der Waals surface area contributed by atoms with Crippen molar-refractivity contribution >= 4 is 0 Å². The van der Waals surface area contributed by atoms with Gasteiger partial charge in [-0.2, -0.15) is 4.98 Å². The molecule has 0 spiro atoms. The zero-order chi connectivity index (χ0) is 11.5. The molecule has 0 saturated carbocycles. The van der Waals surface area contributed by atoms with Crippen LogP contribution in [-0.2, 0) is 6.42 Å². The minimum Gasteiger partial charge on any atom is -0.502 e. The Hall–Kier alpha value is -2.10. The first-order valence-corrected chi connectivity index (χ1v) is 4.87. The van der Waals surface area contributed by atoms with Gasteiger partial charge in [-0.05, 0) is 12.5 Å². The number of hydrogen-bond donors (Lipinski definition) is 2. The average molecular weight is 215 g/mol. The largest absolute Gasteiger partial charge is 0.502 e. The highest BCUT2D eigenvalue weighted by Gasteiger charge is 2.05. The van der Waals surface area contributed by atoms with Crippen molar-refractivity contribution in [3.05, 3.63) is 47.4 Å². The number of benzene rings is 1. The van der Waals surface area contributed by atoms with Crippen LogP contribution in [0.5, 0.6) is 11.6 Å². The number of nitrogens with zero attached hydrogens (tertiary/aromatic N) is 2. The summed E-state index contributed by atoms with van der Waals surface area (Å²) in [5, 5.41) is 18.2. The van der Waals surface area contributed by atoms with E-state index in [1.54, 1.807) is 0 Å². The van der Waals surface area contributed by atoms with Crippen LogP contribution in [-0.4, -0.2) is 20.2 Å². The maximum atomic E-state index is 9.19. The molecule has 1 heterocycles. The molecule has 0 atom stereocenters. The van der Waals surface area contributed by atoms with E-state index in [4.69, 9.17) is 5.11 Å². The third-order valence-electron chi connectivity index (χ3n) is 2.22. The third kappa shape index (κ3) is 2.28. The number of hydrogen-bond acceptors (Lipinski definition) is 4. The van der Waals surface area contributed by atoms with Crippen LogP contribution in [0.1, 0.15) is 17.0 Å². The van der Waals surface area contributed by atoms with Gasteiger partial charge in [0, 0.05) is 6.42 Å². The summed E-state index contributed by atoms with van der Waals surface area (Å²) in [6.07, 6.45) is 2.80. The van der Waals surface area contributed by atoms with E-state index in [-0.39, 0.29) is 0 Å². The van der Waals surface area contributed by atoms with E-state index in [1.165, 1.54) is 5.56 Å². The molecule has 2 aromatic rings.